The molecule has 0 aliphatic heterocycles. The number of hydrogen-bond donors (Lipinski definition) is 3. The van der Waals surface area contributed by atoms with Gasteiger partial charge in [0.15, 0.2) is 12.2 Å². The first-order chi connectivity index (χ1) is 47.2. The van der Waals surface area contributed by atoms with Gasteiger partial charge in [-0.15, -0.1) is 0 Å². The van der Waals surface area contributed by atoms with Crippen molar-refractivity contribution in [2.75, 3.05) is 39.6 Å². The van der Waals surface area contributed by atoms with Gasteiger partial charge in [-0.05, 0) is 49.4 Å². The minimum Gasteiger partial charge on any atom is -0.462 e. The van der Waals surface area contributed by atoms with E-state index < -0.39 is 97.5 Å². The van der Waals surface area contributed by atoms with Gasteiger partial charge in [0.1, 0.15) is 19.3 Å². The van der Waals surface area contributed by atoms with Crippen LogP contribution in [0.5, 0.6) is 0 Å². The monoisotopic (exact) mass is 1440 g/mol. The number of aliphatic hydroxyl groups excluding tert-OH is 1. The molecule has 3 N–H and O–H groups in total. The third-order valence-electron chi connectivity index (χ3n) is 19.0. The molecule has 0 fully saturated rings. The van der Waals surface area contributed by atoms with Crippen LogP contribution in [0.4, 0.5) is 0 Å². The Hall–Kier alpha value is -1.94. The van der Waals surface area contributed by atoms with Crippen molar-refractivity contribution in [1.82, 2.24) is 0 Å². The molecular weight excluding hydrogens is 1280 g/mol. The predicted molar refractivity (Wildman–Crippen MR) is 400 cm³/mol. The molecule has 0 rings (SSSR count). The average Bonchev–Trinajstić information content (AvgIpc) is 0.985. The summed E-state index contributed by atoms with van der Waals surface area (Å²) >= 11 is 0. The van der Waals surface area contributed by atoms with Gasteiger partial charge in [0.05, 0.1) is 26.4 Å². The molecule has 0 aromatic carbocycles. The molecule has 0 amide bonds. The largest absolute Gasteiger partial charge is 0.472 e. The highest BCUT2D eigenvalue weighted by Crippen LogP contribution is 2.45. The molecular formula is C79H154O17P2. The lowest BCUT2D eigenvalue weighted by Gasteiger charge is -2.21. The molecule has 0 heterocycles. The number of phosphoric ester groups is 2. The van der Waals surface area contributed by atoms with E-state index in [4.69, 9.17) is 37.0 Å². The van der Waals surface area contributed by atoms with Gasteiger partial charge in [-0.2, -0.15) is 0 Å². The first kappa shape index (κ1) is 96.1. The van der Waals surface area contributed by atoms with Gasteiger partial charge >= 0.3 is 39.5 Å². The lowest BCUT2D eigenvalue weighted by atomic mass is 9.99. The van der Waals surface area contributed by atoms with Crippen LogP contribution in [0, 0.1) is 23.7 Å². The Morgan fingerprint density at radius 1 is 0.286 bits per heavy atom. The number of phosphoric acid groups is 2. The second kappa shape index (κ2) is 68.2. The number of carbonyl (C=O) groups is 4. The summed E-state index contributed by atoms with van der Waals surface area (Å²) in [4.78, 5) is 72.8. The van der Waals surface area contributed by atoms with Crippen LogP contribution in [-0.2, 0) is 65.4 Å². The summed E-state index contributed by atoms with van der Waals surface area (Å²) in [5, 5.41) is 10.6. The number of aliphatic hydroxyl groups is 1. The summed E-state index contributed by atoms with van der Waals surface area (Å²) in [6, 6.07) is 0. The number of ether oxygens (including phenoxy) is 4. The maximum Gasteiger partial charge on any atom is 0.472 e. The quantitative estimate of drug-likeness (QED) is 0.0222. The van der Waals surface area contributed by atoms with E-state index in [1.807, 2.05) is 0 Å². The third kappa shape index (κ3) is 69.8. The molecule has 0 aromatic rings. The Morgan fingerprint density at radius 2 is 0.490 bits per heavy atom. The Kier molecular flexibility index (Phi) is 66.8. The van der Waals surface area contributed by atoms with Crippen molar-refractivity contribution in [2.24, 2.45) is 23.7 Å². The SMILES string of the molecule is CCC(C)CCCCCCCCCCCCCCCCCCCCC(=O)O[C@H](COC(=O)CCCCCCCCCCCCCCCCC(C)CC)COP(=O)(O)OC[C@@H](O)COP(=O)(O)OC[C@@H](COC(=O)CCCCCCCCC(C)C)OC(=O)CCCCCCCCC(C)C. The van der Waals surface area contributed by atoms with Crippen molar-refractivity contribution in [3.05, 3.63) is 0 Å². The Balaban J connectivity index is 5.17. The first-order valence-corrected chi connectivity index (χ1v) is 43.8. The normalized spacial score (nSPS) is 14.6. The fraction of sp³-hybridized carbons (Fsp3) is 0.949. The Morgan fingerprint density at radius 3 is 0.724 bits per heavy atom. The van der Waals surface area contributed by atoms with Crippen LogP contribution in [0.3, 0.4) is 0 Å². The molecule has 0 aliphatic carbocycles. The van der Waals surface area contributed by atoms with E-state index in [1.165, 1.54) is 199 Å². The van der Waals surface area contributed by atoms with Gasteiger partial charge in [0, 0.05) is 25.7 Å². The summed E-state index contributed by atoms with van der Waals surface area (Å²) < 4.78 is 68.5. The van der Waals surface area contributed by atoms with Gasteiger partial charge in [-0.1, -0.05) is 351 Å². The molecule has 0 radical (unpaired) electrons. The molecule has 0 bridgehead atoms. The van der Waals surface area contributed by atoms with Gasteiger partial charge in [-0.3, -0.25) is 37.3 Å². The van der Waals surface area contributed by atoms with Gasteiger partial charge in [-0.25, -0.2) is 9.13 Å². The highest BCUT2D eigenvalue weighted by Gasteiger charge is 2.30. The summed E-state index contributed by atoms with van der Waals surface area (Å²) in [5.74, 6) is 0.945. The van der Waals surface area contributed by atoms with Crippen LogP contribution in [0.15, 0.2) is 0 Å². The van der Waals surface area contributed by atoms with Gasteiger partial charge in [0.25, 0.3) is 0 Å². The van der Waals surface area contributed by atoms with Crippen molar-refractivity contribution >= 4 is 39.5 Å². The summed E-state index contributed by atoms with van der Waals surface area (Å²) in [7, 11) is -9.91. The lowest BCUT2D eigenvalue weighted by Crippen LogP contribution is -2.30. The third-order valence-corrected chi connectivity index (χ3v) is 20.9. The van der Waals surface area contributed by atoms with Crippen LogP contribution in [0.2, 0.25) is 0 Å². The van der Waals surface area contributed by atoms with E-state index in [9.17, 15) is 43.2 Å². The van der Waals surface area contributed by atoms with E-state index in [2.05, 4.69) is 55.4 Å². The van der Waals surface area contributed by atoms with Gasteiger partial charge < -0.3 is 33.8 Å². The number of hydrogen-bond acceptors (Lipinski definition) is 15. The minimum absolute atomic E-state index is 0.101. The van der Waals surface area contributed by atoms with E-state index in [0.29, 0.717) is 37.5 Å². The Labute approximate surface area is 600 Å². The summed E-state index contributed by atoms with van der Waals surface area (Å²) in [6.07, 6.45) is 54.6. The molecule has 0 saturated heterocycles. The molecule has 7 atom stereocenters. The molecule has 19 heteroatoms. The fourth-order valence-corrected chi connectivity index (χ4v) is 13.6. The average molecular weight is 1440 g/mol. The second-order valence-electron chi connectivity index (χ2n) is 29.9. The fourth-order valence-electron chi connectivity index (χ4n) is 12.0. The van der Waals surface area contributed by atoms with E-state index in [-0.39, 0.29) is 25.7 Å². The van der Waals surface area contributed by atoms with Crippen LogP contribution in [0.25, 0.3) is 0 Å². The van der Waals surface area contributed by atoms with E-state index >= 15 is 0 Å². The van der Waals surface area contributed by atoms with Crippen molar-refractivity contribution in [3.8, 4) is 0 Å². The van der Waals surface area contributed by atoms with Crippen molar-refractivity contribution in [2.45, 2.75) is 420 Å². The number of rotatable bonds is 76. The maximum atomic E-state index is 13.1. The lowest BCUT2D eigenvalue weighted by molar-refractivity contribution is -0.161. The van der Waals surface area contributed by atoms with E-state index in [1.54, 1.807) is 0 Å². The molecule has 98 heavy (non-hydrogen) atoms. The summed E-state index contributed by atoms with van der Waals surface area (Å²) in [6.45, 7) is 14.2. The molecule has 17 nitrogen and oxygen atoms in total. The van der Waals surface area contributed by atoms with Crippen molar-refractivity contribution in [3.63, 3.8) is 0 Å². The zero-order chi connectivity index (χ0) is 72.4. The standard InChI is InChI=1S/C79H154O17P2/c1-9-71(7)57-49-41-31-27-23-19-15-13-11-12-14-16-22-26-30-34-45-53-61-78(83)95-74(65-89-76(81)59-51-43-33-29-25-21-18-17-20-24-28-32-42-50-58-72(8)10-2)67-93-97(85,86)91-63-73(80)64-92-98(87,88)94-68-75(96-79(84)62-54-46-38-36-40-48-56-70(5)6)66-90-77(82)60-52-44-37-35-39-47-55-69(3)4/h69-75,80H,9-68H2,1-8H3,(H,85,86)(H,87,88)/t71?,72?,73-,74-,75-/m1/s1. The second-order valence-corrected chi connectivity index (χ2v) is 32.8. The molecule has 0 saturated carbocycles. The molecule has 582 valence electrons. The number of carbonyl (C=O) groups excluding carboxylic acids is 4. The van der Waals surface area contributed by atoms with Gasteiger partial charge in [0.2, 0.25) is 0 Å². The van der Waals surface area contributed by atoms with Crippen LogP contribution in [0.1, 0.15) is 402 Å². The highest BCUT2D eigenvalue weighted by molar-refractivity contribution is 7.47. The molecule has 0 spiro atoms. The van der Waals surface area contributed by atoms with Crippen molar-refractivity contribution in [1.29, 1.82) is 0 Å². The zero-order valence-electron chi connectivity index (χ0n) is 64.4. The van der Waals surface area contributed by atoms with Crippen LogP contribution < -0.4 is 0 Å². The van der Waals surface area contributed by atoms with Crippen LogP contribution in [-0.4, -0.2) is 96.7 Å². The van der Waals surface area contributed by atoms with E-state index in [0.717, 1.165) is 108 Å². The van der Waals surface area contributed by atoms with Crippen molar-refractivity contribution < 1.29 is 80.2 Å². The Bertz CT molecular complexity index is 1920. The molecule has 4 unspecified atom stereocenters. The smallest absolute Gasteiger partial charge is 0.462 e. The predicted octanol–water partition coefficient (Wildman–Crippen LogP) is 23.2. The number of esters is 4. The maximum absolute atomic E-state index is 13.1. The van der Waals surface area contributed by atoms with Crippen LogP contribution >= 0.6 is 15.6 Å². The summed E-state index contributed by atoms with van der Waals surface area (Å²) in [5.41, 5.74) is 0. The zero-order valence-corrected chi connectivity index (χ0v) is 66.2. The topological polar surface area (TPSA) is 237 Å². The molecule has 0 aromatic heterocycles. The highest BCUT2D eigenvalue weighted by atomic mass is 31.2. The number of unbranched alkanes of at least 4 members (excludes halogenated alkanes) is 40. The first-order valence-electron chi connectivity index (χ1n) is 40.8. The minimum atomic E-state index is -4.96. The molecule has 0 aliphatic rings.